The molecule has 2 aliphatic heterocycles. The highest BCUT2D eigenvalue weighted by Gasteiger charge is 2.49. The normalized spacial score (nSPS) is 22.0. The largest absolute Gasteiger partial charge is 0.317 e. The van der Waals surface area contributed by atoms with E-state index in [1.54, 1.807) is 18.0 Å². The van der Waals surface area contributed by atoms with Crippen molar-refractivity contribution < 1.29 is 9.18 Å². The molecule has 1 amide bonds. The van der Waals surface area contributed by atoms with Gasteiger partial charge in [0.05, 0.1) is 11.1 Å². The van der Waals surface area contributed by atoms with E-state index in [9.17, 15) is 9.18 Å². The molecule has 1 fully saturated rings. The number of nitrogens with zero attached hydrogens (tertiary/aromatic N) is 1. The van der Waals surface area contributed by atoms with E-state index in [1.165, 1.54) is 12.1 Å². The van der Waals surface area contributed by atoms with E-state index in [0.29, 0.717) is 0 Å². The van der Waals surface area contributed by atoms with Gasteiger partial charge >= 0.3 is 0 Å². The Bertz CT molecular complexity index is 480. The second-order valence-electron chi connectivity index (χ2n) is 4.86. The van der Waals surface area contributed by atoms with Crippen molar-refractivity contribution in [1.82, 2.24) is 5.32 Å². The van der Waals surface area contributed by atoms with Gasteiger partial charge in [-0.15, -0.1) is 0 Å². The van der Waals surface area contributed by atoms with Gasteiger partial charge in [-0.05, 0) is 43.6 Å². The topological polar surface area (TPSA) is 32.3 Å². The molecule has 3 nitrogen and oxygen atoms in total. The van der Waals surface area contributed by atoms with E-state index >= 15 is 0 Å². The standard InChI is InChI=1S/C13H15FN2O/c1-16-11-8-9(14)2-3-10(11)13(12(16)17)4-6-15-7-5-13/h2-3,8,15H,4-7H2,1H3. The molecule has 0 aromatic heterocycles. The summed E-state index contributed by atoms with van der Waals surface area (Å²) in [7, 11) is 1.73. The van der Waals surface area contributed by atoms with E-state index in [-0.39, 0.29) is 11.7 Å². The molecule has 0 radical (unpaired) electrons. The zero-order valence-electron chi connectivity index (χ0n) is 9.79. The van der Waals surface area contributed by atoms with Crippen molar-refractivity contribution >= 4 is 11.6 Å². The third-order valence-electron chi connectivity index (χ3n) is 4.01. The highest BCUT2D eigenvalue weighted by atomic mass is 19.1. The summed E-state index contributed by atoms with van der Waals surface area (Å²) in [5.41, 5.74) is 1.31. The molecule has 90 valence electrons. The first-order valence-corrected chi connectivity index (χ1v) is 5.94. The molecule has 1 aromatic carbocycles. The van der Waals surface area contributed by atoms with Crippen LogP contribution in [-0.4, -0.2) is 26.0 Å². The molecule has 4 heteroatoms. The van der Waals surface area contributed by atoms with Gasteiger partial charge in [0.25, 0.3) is 0 Å². The summed E-state index contributed by atoms with van der Waals surface area (Å²) in [4.78, 5) is 14.0. The summed E-state index contributed by atoms with van der Waals surface area (Å²) < 4.78 is 13.3. The molecule has 1 N–H and O–H groups in total. The number of carbonyl (C=O) groups excluding carboxylic acids is 1. The lowest BCUT2D eigenvalue weighted by Crippen LogP contribution is -2.46. The minimum atomic E-state index is -0.414. The van der Waals surface area contributed by atoms with Gasteiger partial charge in [0.2, 0.25) is 5.91 Å². The summed E-state index contributed by atoms with van der Waals surface area (Å²) in [6.45, 7) is 1.69. The lowest BCUT2D eigenvalue weighted by atomic mass is 9.74. The average molecular weight is 234 g/mol. The average Bonchev–Trinajstić information content (AvgIpc) is 2.54. The number of nitrogens with one attached hydrogen (secondary N) is 1. The highest BCUT2D eigenvalue weighted by Crippen LogP contribution is 2.46. The maximum Gasteiger partial charge on any atom is 0.237 e. The van der Waals surface area contributed by atoms with Crippen LogP contribution in [-0.2, 0) is 10.2 Å². The maximum atomic E-state index is 13.3. The van der Waals surface area contributed by atoms with Crippen LogP contribution in [0, 0.1) is 5.82 Å². The van der Waals surface area contributed by atoms with Crippen molar-refractivity contribution in [3.63, 3.8) is 0 Å². The molecule has 0 saturated carbocycles. The summed E-state index contributed by atoms with van der Waals surface area (Å²) >= 11 is 0. The maximum absolute atomic E-state index is 13.3. The fourth-order valence-electron chi connectivity index (χ4n) is 3.07. The van der Waals surface area contributed by atoms with Crippen LogP contribution in [0.25, 0.3) is 0 Å². The lowest BCUT2D eigenvalue weighted by molar-refractivity contribution is -0.123. The Balaban J connectivity index is 2.16. The SMILES string of the molecule is CN1C(=O)C2(CCNCC2)c2ccc(F)cc21. The minimum Gasteiger partial charge on any atom is -0.317 e. The Morgan fingerprint density at radius 1 is 1.35 bits per heavy atom. The van der Waals surface area contributed by atoms with E-state index in [2.05, 4.69) is 5.32 Å². The van der Waals surface area contributed by atoms with Gasteiger partial charge in [0.1, 0.15) is 5.82 Å². The third-order valence-corrected chi connectivity index (χ3v) is 4.01. The molecule has 1 saturated heterocycles. The van der Waals surface area contributed by atoms with Crippen LogP contribution in [0.3, 0.4) is 0 Å². The fourth-order valence-corrected chi connectivity index (χ4v) is 3.07. The van der Waals surface area contributed by atoms with Crippen LogP contribution in [0.15, 0.2) is 18.2 Å². The number of carbonyl (C=O) groups is 1. The van der Waals surface area contributed by atoms with Crippen molar-refractivity contribution in [3.8, 4) is 0 Å². The van der Waals surface area contributed by atoms with E-state index < -0.39 is 5.41 Å². The molecule has 0 bridgehead atoms. The molecule has 3 rings (SSSR count). The van der Waals surface area contributed by atoms with Crippen molar-refractivity contribution in [2.45, 2.75) is 18.3 Å². The predicted octanol–water partition coefficient (Wildman–Crippen LogP) is 1.42. The van der Waals surface area contributed by atoms with Crippen molar-refractivity contribution in [1.29, 1.82) is 0 Å². The molecule has 0 atom stereocenters. The van der Waals surface area contributed by atoms with Gasteiger partial charge in [0, 0.05) is 7.05 Å². The number of likely N-dealkylation sites (N-methyl/N-ethyl adjacent to an activating group) is 1. The third kappa shape index (κ3) is 1.33. The second-order valence-corrected chi connectivity index (χ2v) is 4.86. The number of hydrogen-bond donors (Lipinski definition) is 1. The minimum absolute atomic E-state index is 0.111. The van der Waals surface area contributed by atoms with Crippen LogP contribution in [0.2, 0.25) is 0 Å². The van der Waals surface area contributed by atoms with Crippen molar-refractivity contribution in [3.05, 3.63) is 29.6 Å². The number of anilines is 1. The summed E-state index contributed by atoms with van der Waals surface area (Å²) in [6, 6.07) is 4.69. The molecule has 0 unspecified atom stereocenters. The molecule has 1 spiro atoms. The first-order valence-electron chi connectivity index (χ1n) is 5.94. The second kappa shape index (κ2) is 3.53. The summed E-state index contributed by atoms with van der Waals surface area (Å²) in [6.07, 6.45) is 1.60. The molecular formula is C13H15FN2O. The van der Waals surface area contributed by atoms with Crippen molar-refractivity contribution in [2.24, 2.45) is 0 Å². The zero-order valence-corrected chi connectivity index (χ0v) is 9.79. The Hall–Kier alpha value is -1.42. The quantitative estimate of drug-likeness (QED) is 0.736. The van der Waals surface area contributed by atoms with Crippen LogP contribution < -0.4 is 10.2 Å². The Morgan fingerprint density at radius 3 is 2.76 bits per heavy atom. The first-order chi connectivity index (χ1) is 8.15. The predicted molar refractivity (Wildman–Crippen MR) is 63.6 cm³/mol. The molecule has 1 aromatic rings. The monoisotopic (exact) mass is 234 g/mol. The van der Waals surface area contributed by atoms with E-state index in [4.69, 9.17) is 0 Å². The molecule has 2 aliphatic rings. The molecule has 17 heavy (non-hydrogen) atoms. The number of rotatable bonds is 0. The van der Waals surface area contributed by atoms with Crippen molar-refractivity contribution in [2.75, 3.05) is 25.0 Å². The van der Waals surface area contributed by atoms with Gasteiger partial charge in [0.15, 0.2) is 0 Å². The number of piperidine rings is 1. The molecule has 0 aliphatic carbocycles. The van der Waals surface area contributed by atoms with Crippen LogP contribution in [0.1, 0.15) is 18.4 Å². The fraction of sp³-hybridized carbons (Fsp3) is 0.462. The van der Waals surface area contributed by atoms with Crippen LogP contribution in [0.5, 0.6) is 0 Å². The summed E-state index contributed by atoms with van der Waals surface area (Å²) in [5.74, 6) is -0.172. The van der Waals surface area contributed by atoms with Crippen LogP contribution >= 0.6 is 0 Å². The smallest absolute Gasteiger partial charge is 0.237 e. The number of hydrogen-bond acceptors (Lipinski definition) is 2. The highest BCUT2D eigenvalue weighted by molar-refractivity contribution is 6.07. The van der Waals surface area contributed by atoms with Gasteiger partial charge in [-0.25, -0.2) is 4.39 Å². The molecule has 2 heterocycles. The Morgan fingerprint density at radius 2 is 2.06 bits per heavy atom. The lowest BCUT2D eigenvalue weighted by Gasteiger charge is -2.32. The van der Waals surface area contributed by atoms with E-state index in [1.807, 2.05) is 0 Å². The van der Waals surface area contributed by atoms with Gasteiger partial charge in [-0.1, -0.05) is 6.07 Å². The number of halogens is 1. The Kier molecular flexibility index (Phi) is 2.23. The van der Waals surface area contributed by atoms with Gasteiger partial charge < -0.3 is 10.2 Å². The zero-order chi connectivity index (χ0) is 12.0. The number of amides is 1. The first kappa shape index (κ1) is 10.7. The van der Waals surface area contributed by atoms with Gasteiger partial charge in [-0.3, -0.25) is 4.79 Å². The molecular weight excluding hydrogens is 219 g/mol. The van der Waals surface area contributed by atoms with E-state index in [0.717, 1.165) is 37.2 Å². The van der Waals surface area contributed by atoms with Gasteiger partial charge in [-0.2, -0.15) is 0 Å². The Labute approximate surface area is 99.6 Å². The number of fused-ring (bicyclic) bond motifs is 2. The van der Waals surface area contributed by atoms with Crippen LogP contribution in [0.4, 0.5) is 10.1 Å². The number of benzene rings is 1. The summed E-state index contributed by atoms with van der Waals surface area (Å²) in [5, 5.41) is 3.27.